The van der Waals surface area contributed by atoms with Gasteiger partial charge in [0.05, 0.1) is 24.2 Å². The lowest BCUT2D eigenvalue weighted by molar-refractivity contribution is 0.274. The van der Waals surface area contributed by atoms with Crippen LogP contribution in [-0.4, -0.2) is 19.7 Å². The zero-order valence-corrected chi connectivity index (χ0v) is 11.9. The third kappa shape index (κ3) is 1.98. The maximum absolute atomic E-state index is 9.33. The lowest BCUT2D eigenvalue weighted by Crippen LogP contribution is -2.01. The molecule has 0 atom stereocenters. The second kappa shape index (κ2) is 4.72. The van der Waals surface area contributed by atoms with Gasteiger partial charge in [-0.2, -0.15) is 5.10 Å². The van der Waals surface area contributed by atoms with Gasteiger partial charge in [-0.1, -0.05) is 17.7 Å². The van der Waals surface area contributed by atoms with E-state index in [0.717, 1.165) is 16.9 Å². The van der Waals surface area contributed by atoms with Gasteiger partial charge in [0.25, 0.3) is 0 Å². The van der Waals surface area contributed by atoms with Crippen LogP contribution in [0.1, 0.15) is 22.4 Å². The van der Waals surface area contributed by atoms with Crippen molar-refractivity contribution < 1.29 is 5.11 Å². The van der Waals surface area contributed by atoms with Crippen LogP contribution < -0.4 is 0 Å². The maximum atomic E-state index is 9.33. The molecule has 0 amide bonds. The Morgan fingerprint density at radius 2 is 1.80 bits per heavy atom. The Morgan fingerprint density at radius 3 is 2.45 bits per heavy atom. The minimum atomic E-state index is -0.0660. The Kier molecular flexibility index (Phi) is 3.03. The molecule has 4 heteroatoms. The van der Waals surface area contributed by atoms with Crippen LogP contribution >= 0.6 is 0 Å². The molecular formula is C16H17N3O. The van der Waals surface area contributed by atoms with Crippen molar-refractivity contribution in [1.29, 1.82) is 0 Å². The molecule has 0 spiro atoms. The van der Waals surface area contributed by atoms with Crippen molar-refractivity contribution in [3.63, 3.8) is 0 Å². The lowest BCUT2D eigenvalue weighted by atomic mass is 9.97. The largest absolute Gasteiger partial charge is 0.390 e. The zero-order chi connectivity index (χ0) is 14.3. The van der Waals surface area contributed by atoms with E-state index in [1.54, 1.807) is 10.7 Å². The summed E-state index contributed by atoms with van der Waals surface area (Å²) in [5.41, 5.74) is 7.17. The highest BCUT2D eigenvalue weighted by molar-refractivity contribution is 5.68. The second-order valence-corrected chi connectivity index (χ2v) is 5.17. The van der Waals surface area contributed by atoms with Crippen LogP contribution in [0.15, 0.2) is 30.5 Å². The number of rotatable bonds is 2. The first-order chi connectivity index (χ1) is 9.60. The zero-order valence-electron chi connectivity index (χ0n) is 11.9. The highest BCUT2D eigenvalue weighted by Crippen LogP contribution is 2.27. The third-order valence-corrected chi connectivity index (χ3v) is 3.53. The predicted octanol–water partition coefficient (Wildman–Crippen LogP) is 2.81. The van der Waals surface area contributed by atoms with E-state index in [0.29, 0.717) is 5.69 Å². The van der Waals surface area contributed by atoms with E-state index in [4.69, 9.17) is 0 Å². The van der Waals surface area contributed by atoms with Crippen molar-refractivity contribution in [3.8, 4) is 11.3 Å². The van der Waals surface area contributed by atoms with Gasteiger partial charge in [0.15, 0.2) is 5.65 Å². The molecule has 0 aliphatic heterocycles. The van der Waals surface area contributed by atoms with E-state index in [-0.39, 0.29) is 6.61 Å². The molecule has 0 fully saturated rings. The van der Waals surface area contributed by atoms with E-state index in [1.807, 2.05) is 12.1 Å². The number of aliphatic hydroxyl groups excluding tert-OH is 1. The molecule has 2 aromatic heterocycles. The molecule has 1 N–H and O–H groups in total. The smallest absolute Gasteiger partial charge is 0.153 e. The van der Waals surface area contributed by atoms with Crippen LogP contribution in [0.25, 0.3) is 16.9 Å². The van der Waals surface area contributed by atoms with Crippen LogP contribution in [0.5, 0.6) is 0 Å². The molecule has 2 heterocycles. The highest BCUT2D eigenvalue weighted by Gasteiger charge is 2.10. The first kappa shape index (κ1) is 12.8. The van der Waals surface area contributed by atoms with E-state index >= 15 is 0 Å². The van der Waals surface area contributed by atoms with Gasteiger partial charge >= 0.3 is 0 Å². The minimum Gasteiger partial charge on any atom is -0.390 e. The first-order valence-electron chi connectivity index (χ1n) is 6.63. The van der Waals surface area contributed by atoms with Crippen molar-refractivity contribution >= 4 is 5.65 Å². The molecule has 4 nitrogen and oxygen atoms in total. The van der Waals surface area contributed by atoms with Gasteiger partial charge in [-0.15, -0.1) is 0 Å². The molecule has 1 aromatic carbocycles. The summed E-state index contributed by atoms with van der Waals surface area (Å²) in [5.74, 6) is 0. The van der Waals surface area contributed by atoms with E-state index < -0.39 is 0 Å². The number of imidazole rings is 1. The molecule has 0 saturated carbocycles. The Hall–Kier alpha value is -2.20. The van der Waals surface area contributed by atoms with Crippen LogP contribution in [0.3, 0.4) is 0 Å². The third-order valence-electron chi connectivity index (χ3n) is 3.53. The summed E-state index contributed by atoms with van der Waals surface area (Å²) in [6, 6.07) is 8.23. The Bertz CT molecular complexity index is 767. The van der Waals surface area contributed by atoms with Gasteiger partial charge in [0, 0.05) is 5.56 Å². The highest BCUT2D eigenvalue weighted by atomic mass is 16.3. The monoisotopic (exact) mass is 267 g/mol. The van der Waals surface area contributed by atoms with Gasteiger partial charge < -0.3 is 5.11 Å². The molecule has 0 saturated heterocycles. The molecular weight excluding hydrogens is 250 g/mol. The summed E-state index contributed by atoms with van der Waals surface area (Å²) in [5, 5.41) is 14.0. The minimum absolute atomic E-state index is 0.0660. The molecule has 3 rings (SSSR count). The van der Waals surface area contributed by atoms with Crippen molar-refractivity contribution in [2.45, 2.75) is 27.4 Å². The van der Waals surface area contributed by atoms with Gasteiger partial charge in [-0.3, -0.25) is 0 Å². The fraction of sp³-hybridized carbons (Fsp3) is 0.250. The molecule has 0 aliphatic rings. The maximum Gasteiger partial charge on any atom is 0.153 e. The molecule has 102 valence electrons. The number of hydrogen-bond donors (Lipinski definition) is 1. The second-order valence-electron chi connectivity index (χ2n) is 5.17. The summed E-state index contributed by atoms with van der Waals surface area (Å²) in [7, 11) is 0. The summed E-state index contributed by atoms with van der Waals surface area (Å²) in [6.45, 7) is 6.23. The number of nitrogens with zero attached hydrogens (tertiary/aromatic N) is 3. The van der Waals surface area contributed by atoms with Crippen LogP contribution in [-0.2, 0) is 6.61 Å². The Balaban J connectivity index is 2.24. The van der Waals surface area contributed by atoms with E-state index in [1.165, 1.54) is 16.7 Å². The molecule has 0 radical (unpaired) electrons. The summed E-state index contributed by atoms with van der Waals surface area (Å²) < 4.78 is 1.70. The normalized spacial score (nSPS) is 11.2. The molecule has 0 aliphatic carbocycles. The number of aliphatic hydroxyl groups is 1. The number of benzene rings is 1. The van der Waals surface area contributed by atoms with Gasteiger partial charge in [-0.25, -0.2) is 9.50 Å². The summed E-state index contributed by atoms with van der Waals surface area (Å²) in [4.78, 5) is 4.22. The first-order valence-corrected chi connectivity index (χ1v) is 6.63. The number of aryl methyl sites for hydroxylation is 3. The van der Waals surface area contributed by atoms with Gasteiger partial charge in [-0.05, 0) is 44.0 Å². The number of fused-ring (bicyclic) bond motifs is 1. The fourth-order valence-corrected chi connectivity index (χ4v) is 2.75. The number of hydrogen-bond acceptors (Lipinski definition) is 3. The van der Waals surface area contributed by atoms with Gasteiger partial charge in [0.2, 0.25) is 0 Å². The molecule has 0 unspecified atom stereocenters. The van der Waals surface area contributed by atoms with Crippen molar-refractivity contribution in [2.24, 2.45) is 0 Å². The quantitative estimate of drug-likeness (QED) is 0.776. The molecule has 0 bridgehead atoms. The predicted molar refractivity (Wildman–Crippen MR) is 78.6 cm³/mol. The molecule has 20 heavy (non-hydrogen) atoms. The van der Waals surface area contributed by atoms with Crippen molar-refractivity contribution in [1.82, 2.24) is 14.6 Å². The van der Waals surface area contributed by atoms with Crippen LogP contribution in [0.2, 0.25) is 0 Å². The Morgan fingerprint density at radius 1 is 1.10 bits per heavy atom. The summed E-state index contributed by atoms with van der Waals surface area (Å²) in [6.07, 6.45) is 1.65. The van der Waals surface area contributed by atoms with Crippen LogP contribution in [0, 0.1) is 20.8 Å². The Labute approximate surface area is 117 Å². The summed E-state index contributed by atoms with van der Waals surface area (Å²) >= 11 is 0. The lowest BCUT2D eigenvalue weighted by Gasteiger charge is -2.11. The fourth-order valence-electron chi connectivity index (χ4n) is 2.75. The number of aromatic nitrogens is 3. The average molecular weight is 267 g/mol. The van der Waals surface area contributed by atoms with E-state index in [9.17, 15) is 5.11 Å². The average Bonchev–Trinajstić information content (AvgIpc) is 2.79. The SMILES string of the molecule is Cc1cc(C)c(-c2ccc3ncc(CO)n3n2)c(C)c1. The van der Waals surface area contributed by atoms with Crippen molar-refractivity contribution in [3.05, 3.63) is 52.8 Å². The topological polar surface area (TPSA) is 50.4 Å². The molecule has 3 aromatic rings. The van der Waals surface area contributed by atoms with Crippen molar-refractivity contribution in [2.75, 3.05) is 0 Å². The van der Waals surface area contributed by atoms with Crippen LogP contribution in [0.4, 0.5) is 0 Å². The van der Waals surface area contributed by atoms with Gasteiger partial charge in [0.1, 0.15) is 0 Å². The van der Waals surface area contributed by atoms with E-state index in [2.05, 4.69) is 43.0 Å². The standard InChI is InChI=1S/C16H17N3O/c1-10-6-11(2)16(12(3)7-10)14-4-5-15-17-8-13(9-20)19(15)18-14/h4-8,20H,9H2,1-3H3.